The summed E-state index contributed by atoms with van der Waals surface area (Å²) in [4.78, 5) is 14.5. The molecule has 0 spiro atoms. The molecule has 1 aliphatic heterocycles. The summed E-state index contributed by atoms with van der Waals surface area (Å²) in [5, 5.41) is 29.9. The van der Waals surface area contributed by atoms with E-state index in [1.54, 1.807) is 4.90 Å². The van der Waals surface area contributed by atoms with Gasteiger partial charge in [-0.25, -0.2) is 0 Å². The zero-order valence-electron chi connectivity index (χ0n) is 13.5. The molecule has 0 aromatic carbocycles. The highest BCUT2D eigenvalue weighted by molar-refractivity contribution is 6.43. The first kappa shape index (κ1) is 15.9. The molecule has 0 radical (unpaired) electrons. The average molecular weight is 322 g/mol. The monoisotopic (exact) mass is 322 g/mol. The van der Waals surface area contributed by atoms with Crippen molar-refractivity contribution >= 4 is 13.0 Å². The number of amides is 1. The molecule has 5 N–H and O–H groups in total. The first-order valence-electron chi connectivity index (χ1n) is 8.97. The summed E-state index contributed by atoms with van der Waals surface area (Å²) in [7, 11) is -1.51. The van der Waals surface area contributed by atoms with E-state index in [1.807, 2.05) is 0 Å². The minimum absolute atomic E-state index is 0.161. The van der Waals surface area contributed by atoms with Crippen LogP contribution in [0.5, 0.6) is 0 Å². The molecular formula is C16H27BN2O4. The predicted molar refractivity (Wildman–Crippen MR) is 85.0 cm³/mol. The van der Waals surface area contributed by atoms with E-state index in [0.717, 1.165) is 38.5 Å². The summed E-state index contributed by atoms with van der Waals surface area (Å²) < 4.78 is 0. The van der Waals surface area contributed by atoms with Crippen LogP contribution in [0.1, 0.15) is 51.4 Å². The highest BCUT2D eigenvalue weighted by Crippen LogP contribution is 2.62. The summed E-state index contributed by atoms with van der Waals surface area (Å²) in [6.45, 7) is 0.544. The van der Waals surface area contributed by atoms with Crippen molar-refractivity contribution in [2.75, 3.05) is 6.54 Å². The van der Waals surface area contributed by atoms with Crippen LogP contribution < -0.4 is 5.73 Å². The second-order valence-corrected chi connectivity index (χ2v) is 8.68. The zero-order chi connectivity index (χ0) is 16.4. The van der Waals surface area contributed by atoms with Gasteiger partial charge in [0.05, 0.1) is 17.6 Å². The molecule has 4 aliphatic carbocycles. The van der Waals surface area contributed by atoms with Crippen molar-refractivity contribution in [3.8, 4) is 0 Å². The Kier molecular flexibility index (Phi) is 3.58. The summed E-state index contributed by atoms with van der Waals surface area (Å²) in [6.07, 6.45) is 6.74. The fourth-order valence-corrected chi connectivity index (χ4v) is 6.46. The average Bonchev–Trinajstić information content (AvgIpc) is 2.92. The molecule has 0 aromatic rings. The van der Waals surface area contributed by atoms with Gasteiger partial charge in [-0.15, -0.1) is 0 Å². The third-order valence-corrected chi connectivity index (χ3v) is 6.93. The Morgan fingerprint density at radius 1 is 1.22 bits per heavy atom. The van der Waals surface area contributed by atoms with E-state index >= 15 is 0 Å². The summed E-state index contributed by atoms with van der Waals surface area (Å²) in [5.41, 5.74) is 5.51. The highest BCUT2D eigenvalue weighted by Gasteiger charge is 2.60. The molecule has 128 valence electrons. The summed E-state index contributed by atoms with van der Waals surface area (Å²) in [6, 6.07) is -0.640. The molecular weight excluding hydrogens is 295 g/mol. The van der Waals surface area contributed by atoms with Gasteiger partial charge in [0.1, 0.15) is 0 Å². The number of nitrogens with zero attached hydrogens (tertiary/aromatic N) is 1. The lowest BCUT2D eigenvalue weighted by Gasteiger charge is -2.61. The van der Waals surface area contributed by atoms with Gasteiger partial charge in [-0.3, -0.25) is 4.79 Å². The molecule has 0 aromatic heterocycles. The second kappa shape index (κ2) is 5.18. The second-order valence-electron chi connectivity index (χ2n) is 8.68. The van der Waals surface area contributed by atoms with E-state index in [1.165, 1.54) is 0 Å². The van der Waals surface area contributed by atoms with Gasteiger partial charge < -0.3 is 25.8 Å². The van der Waals surface area contributed by atoms with Crippen LogP contribution in [0.25, 0.3) is 0 Å². The van der Waals surface area contributed by atoms with Gasteiger partial charge in [-0.2, -0.15) is 0 Å². The first-order chi connectivity index (χ1) is 10.8. The minimum atomic E-state index is -1.51. The maximum Gasteiger partial charge on any atom is 0.475 e. The van der Waals surface area contributed by atoms with Crippen molar-refractivity contribution in [3.05, 3.63) is 0 Å². The number of rotatable bonds is 3. The fraction of sp³-hybridized carbons (Fsp3) is 0.938. The maximum absolute atomic E-state index is 13.0. The van der Waals surface area contributed by atoms with Gasteiger partial charge in [0, 0.05) is 6.54 Å². The normalized spacial score (nSPS) is 46.3. The summed E-state index contributed by atoms with van der Waals surface area (Å²) >= 11 is 0. The number of carbonyl (C=O) groups is 1. The minimum Gasteiger partial charge on any atom is -0.426 e. The van der Waals surface area contributed by atoms with Gasteiger partial charge in [-0.05, 0) is 68.6 Å². The predicted octanol–water partition coefficient (Wildman–Crippen LogP) is -0.352. The third kappa shape index (κ3) is 2.44. The van der Waals surface area contributed by atoms with Crippen LogP contribution in [0.3, 0.4) is 0 Å². The lowest BCUT2D eigenvalue weighted by atomic mass is 9.46. The van der Waals surface area contributed by atoms with Gasteiger partial charge in [-0.1, -0.05) is 0 Å². The molecule has 5 fully saturated rings. The Labute approximate surface area is 137 Å². The van der Waals surface area contributed by atoms with E-state index in [0.29, 0.717) is 31.2 Å². The molecule has 4 atom stereocenters. The number of carbonyl (C=O) groups excluding carboxylic acids is 1. The molecule has 23 heavy (non-hydrogen) atoms. The number of likely N-dealkylation sites (tertiary alicyclic amines) is 1. The molecule has 1 heterocycles. The van der Waals surface area contributed by atoms with E-state index in [2.05, 4.69) is 0 Å². The molecule has 4 bridgehead atoms. The van der Waals surface area contributed by atoms with Crippen LogP contribution in [-0.2, 0) is 4.79 Å². The Morgan fingerprint density at radius 3 is 2.43 bits per heavy atom. The molecule has 6 nitrogen and oxygen atoms in total. The Bertz CT molecular complexity index is 500. The number of hydrogen-bond acceptors (Lipinski definition) is 5. The lowest BCUT2D eigenvalue weighted by Crippen LogP contribution is -2.65. The van der Waals surface area contributed by atoms with Crippen LogP contribution in [0, 0.1) is 17.3 Å². The lowest BCUT2D eigenvalue weighted by molar-refractivity contribution is -0.177. The largest absolute Gasteiger partial charge is 0.475 e. The van der Waals surface area contributed by atoms with E-state index < -0.39 is 24.7 Å². The standard InChI is InChI=1S/C16H27BN2O4/c18-13(14(20)19-3-1-2-12(19)17(22)23)15-5-10-4-11(6-15)8-16(21,7-10)9-15/h10-13,21-23H,1-9,18H2/t10?,11?,12-,13?,15?,16?/m0/s1. The van der Waals surface area contributed by atoms with Gasteiger partial charge in [0.15, 0.2) is 0 Å². The van der Waals surface area contributed by atoms with Gasteiger partial charge >= 0.3 is 7.12 Å². The van der Waals surface area contributed by atoms with Crippen molar-refractivity contribution in [1.82, 2.24) is 4.90 Å². The first-order valence-corrected chi connectivity index (χ1v) is 8.97. The number of hydrogen-bond donors (Lipinski definition) is 4. The van der Waals surface area contributed by atoms with E-state index in [9.17, 15) is 19.9 Å². The maximum atomic E-state index is 13.0. The molecule has 7 heteroatoms. The molecule has 1 amide bonds. The Hall–Kier alpha value is -0.625. The molecule has 1 saturated heterocycles. The third-order valence-electron chi connectivity index (χ3n) is 6.93. The van der Waals surface area contributed by atoms with E-state index in [-0.39, 0.29) is 11.3 Å². The van der Waals surface area contributed by atoms with Crippen molar-refractivity contribution in [3.63, 3.8) is 0 Å². The van der Waals surface area contributed by atoms with Crippen LogP contribution in [-0.4, -0.2) is 57.2 Å². The van der Waals surface area contributed by atoms with Crippen molar-refractivity contribution in [2.24, 2.45) is 23.0 Å². The SMILES string of the molecule is NC(C(=O)N1CCC[C@H]1B(O)O)C12CC3CC(CC(O)(C3)C1)C2. The van der Waals surface area contributed by atoms with Crippen LogP contribution >= 0.6 is 0 Å². The Morgan fingerprint density at radius 2 is 1.87 bits per heavy atom. The van der Waals surface area contributed by atoms with Crippen molar-refractivity contribution < 1.29 is 19.9 Å². The van der Waals surface area contributed by atoms with Crippen molar-refractivity contribution in [2.45, 2.75) is 69.0 Å². The zero-order valence-corrected chi connectivity index (χ0v) is 13.5. The molecule has 4 saturated carbocycles. The quantitative estimate of drug-likeness (QED) is 0.531. The Balaban J connectivity index is 1.57. The van der Waals surface area contributed by atoms with Gasteiger partial charge in [0.2, 0.25) is 5.91 Å². The number of aliphatic hydroxyl groups is 1. The van der Waals surface area contributed by atoms with Crippen LogP contribution in [0.15, 0.2) is 0 Å². The van der Waals surface area contributed by atoms with Gasteiger partial charge in [0.25, 0.3) is 0 Å². The molecule has 3 unspecified atom stereocenters. The van der Waals surface area contributed by atoms with Crippen molar-refractivity contribution in [1.29, 1.82) is 0 Å². The molecule has 5 aliphatic rings. The highest BCUT2D eigenvalue weighted by atomic mass is 16.4. The van der Waals surface area contributed by atoms with E-state index in [4.69, 9.17) is 5.73 Å². The number of nitrogens with two attached hydrogens (primary N) is 1. The molecule has 5 rings (SSSR count). The fourth-order valence-electron chi connectivity index (χ4n) is 6.46. The van der Waals surface area contributed by atoms with Crippen LogP contribution in [0.2, 0.25) is 0 Å². The smallest absolute Gasteiger partial charge is 0.426 e. The summed E-state index contributed by atoms with van der Waals surface area (Å²) in [5.74, 6) is 0.271. The van der Waals surface area contributed by atoms with Crippen LogP contribution in [0.4, 0.5) is 0 Å². The topological polar surface area (TPSA) is 107 Å².